The third kappa shape index (κ3) is 4.23. The summed E-state index contributed by atoms with van der Waals surface area (Å²) in [6.07, 6.45) is 0.468. The molecule has 2 aromatic rings. The molecule has 1 aliphatic carbocycles. The highest BCUT2D eigenvalue weighted by atomic mass is 16.5. The molecule has 0 radical (unpaired) electrons. The van der Waals surface area contributed by atoms with E-state index in [0.29, 0.717) is 29.2 Å². The first-order valence-electron chi connectivity index (χ1n) is 11.0. The molecule has 0 aromatic heterocycles. The topological polar surface area (TPSA) is 90.9 Å². The first-order valence-corrected chi connectivity index (χ1v) is 11.0. The van der Waals surface area contributed by atoms with E-state index in [1.54, 1.807) is 26.2 Å². The normalized spacial score (nSPS) is 22.3. The van der Waals surface area contributed by atoms with Crippen LogP contribution >= 0.6 is 0 Å². The summed E-state index contributed by atoms with van der Waals surface area (Å²) in [5.41, 5.74) is 2.65. The number of carbonyl (C=O) groups excluding carboxylic acids is 3. The largest absolute Gasteiger partial charge is 0.493 e. The molecule has 7 heteroatoms. The second-order valence-electron chi connectivity index (χ2n) is 8.13. The average Bonchev–Trinajstić information content (AvgIpc) is 2.83. The van der Waals surface area contributed by atoms with E-state index in [9.17, 15) is 14.4 Å². The van der Waals surface area contributed by atoms with E-state index in [1.165, 1.54) is 7.11 Å². The number of esters is 1. The number of allylic oxidation sites excluding steroid dienone is 2. The van der Waals surface area contributed by atoms with Crippen LogP contribution in [0.2, 0.25) is 0 Å². The maximum absolute atomic E-state index is 13.9. The Hall–Kier alpha value is -3.61. The molecule has 1 amide bonds. The second kappa shape index (κ2) is 9.48. The van der Waals surface area contributed by atoms with Crippen molar-refractivity contribution in [1.82, 2.24) is 5.32 Å². The molecule has 0 bridgehead atoms. The lowest BCUT2D eigenvalue weighted by Gasteiger charge is -2.38. The highest BCUT2D eigenvalue weighted by molar-refractivity contribution is 6.12. The number of amides is 1. The monoisotopic (exact) mass is 449 g/mol. The fraction of sp³-hybridized carbons (Fsp3) is 0.346. The van der Waals surface area contributed by atoms with E-state index < -0.39 is 23.7 Å². The third-order valence-electron chi connectivity index (χ3n) is 6.31. The molecule has 0 spiro atoms. The summed E-state index contributed by atoms with van der Waals surface area (Å²) in [5, 5.41) is 2.90. The van der Waals surface area contributed by atoms with Gasteiger partial charge >= 0.3 is 5.97 Å². The SMILES string of the molecule is CCOC(=O)[C@@H]1C(=O)C2=C(C[C@@H]1c1ccccc1)NC(=O)C[C@@H]2c1ccc(OC)c(OC)c1. The number of carbonyl (C=O) groups is 3. The van der Waals surface area contributed by atoms with Gasteiger partial charge in [0.25, 0.3) is 0 Å². The maximum Gasteiger partial charge on any atom is 0.317 e. The first kappa shape index (κ1) is 22.6. The highest BCUT2D eigenvalue weighted by Crippen LogP contribution is 2.46. The van der Waals surface area contributed by atoms with Crippen molar-refractivity contribution in [1.29, 1.82) is 0 Å². The Bertz CT molecular complexity index is 1110. The Morgan fingerprint density at radius 2 is 1.70 bits per heavy atom. The lowest BCUT2D eigenvalue weighted by Crippen LogP contribution is -2.44. The van der Waals surface area contributed by atoms with Gasteiger partial charge in [-0.2, -0.15) is 0 Å². The van der Waals surface area contributed by atoms with Gasteiger partial charge in [0.2, 0.25) is 5.91 Å². The van der Waals surface area contributed by atoms with Crippen LogP contribution in [0.1, 0.15) is 42.7 Å². The van der Waals surface area contributed by atoms with Crippen LogP contribution in [0, 0.1) is 5.92 Å². The van der Waals surface area contributed by atoms with Crippen LogP contribution in [-0.4, -0.2) is 38.5 Å². The van der Waals surface area contributed by atoms with E-state index >= 15 is 0 Å². The van der Waals surface area contributed by atoms with Crippen molar-refractivity contribution in [2.75, 3.05) is 20.8 Å². The van der Waals surface area contributed by atoms with Crippen LogP contribution in [0.5, 0.6) is 11.5 Å². The number of rotatable bonds is 6. The third-order valence-corrected chi connectivity index (χ3v) is 6.31. The Morgan fingerprint density at radius 1 is 0.970 bits per heavy atom. The highest BCUT2D eigenvalue weighted by Gasteiger charge is 2.47. The molecule has 0 unspecified atom stereocenters. The summed E-state index contributed by atoms with van der Waals surface area (Å²) >= 11 is 0. The molecule has 0 saturated heterocycles. The summed E-state index contributed by atoms with van der Waals surface area (Å²) in [7, 11) is 3.08. The summed E-state index contributed by atoms with van der Waals surface area (Å²) < 4.78 is 16.1. The number of ether oxygens (including phenoxy) is 3. The number of methoxy groups -OCH3 is 2. The van der Waals surface area contributed by atoms with Gasteiger partial charge in [0.15, 0.2) is 17.3 Å². The number of nitrogens with one attached hydrogen (secondary N) is 1. The van der Waals surface area contributed by atoms with Crippen molar-refractivity contribution in [2.24, 2.45) is 5.92 Å². The lowest BCUT2D eigenvalue weighted by atomic mass is 9.68. The van der Waals surface area contributed by atoms with Gasteiger partial charge in [-0.25, -0.2) is 0 Å². The lowest BCUT2D eigenvalue weighted by molar-refractivity contribution is -0.152. The van der Waals surface area contributed by atoms with Gasteiger partial charge in [0.05, 0.1) is 20.8 Å². The van der Waals surface area contributed by atoms with Crippen LogP contribution in [-0.2, 0) is 19.1 Å². The number of ketones is 1. The molecule has 0 fully saturated rings. The zero-order valence-electron chi connectivity index (χ0n) is 18.9. The van der Waals surface area contributed by atoms with Crippen LogP contribution in [0.15, 0.2) is 59.8 Å². The number of hydrogen-bond acceptors (Lipinski definition) is 6. The Balaban J connectivity index is 1.82. The Kier molecular flexibility index (Phi) is 6.49. The van der Waals surface area contributed by atoms with Gasteiger partial charge in [-0.1, -0.05) is 36.4 Å². The van der Waals surface area contributed by atoms with Crippen molar-refractivity contribution in [3.05, 3.63) is 70.9 Å². The number of Topliss-reactive ketones (excluding diaryl/α,β-unsaturated/α-hetero) is 1. The van der Waals surface area contributed by atoms with Crippen LogP contribution in [0.3, 0.4) is 0 Å². The van der Waals surface area contributed by atoms with E-state index in [0.717, 1.165) is 11.1 Å². The van der Waals surface area contributed by atoms with Gasteiger partial charge in [0, 0.05) is 29.5 Å². The van der Waals surface area contributed by atoms with Gasteiger partial charge in [-0.05, 0) is 36.6 Å². The molecule has 7 nitrogen and oxygen atoms in total. The predicted octanol–water partition coefficient (Wildman–Crippen LogP) is 3.50. The van der Waals surface area contributed by atoms with E-state index in [4.69, 9.17) is 14.2 Å². The van der Waals surface area contributed by atoms with Crippen molar-refractivity contribution >= 4 is 17.7 Å². The first-order chi connectivity index (χ1) is 16.0. The maximum atomic E-state index is 13.9. The molecule has 1 heterocycles. The fourth-order valence-corrected chi connectivity index (χ4v) is 4.82. The smallest absolute Gasteiger partial charge is 0.317 e. The van der Waals surface area contributed by atoms with Crippen LogP contribution in [0.25, 0.3) is 0 Å². The summed E-state index contributed by atoms with van der Waals surface area (Å²) in [5.74, 6) is -1.81. The van der Waals surface area contributed by atoms with Crippen molar-refractivity contribution in [2.45, 2.75) is 31.6 Å². The summed E-state index contributed by atoms with van der Waals surface area (Å²) in [6.45, 7) is 1.91. The van der Waals surface area contributed by atoms with Gasteiger partial charge in [0.1, 0.15) is 5.92 Å². The molecule has 1 aliphatic heterocycles. The zero-order valence-corrected chi connectivity index (χ0v) is 18.9. The van der Waals surface area contributed by atoms with E-state index in [1.807, 2.05) is 36.4 Å². The predicted molar refractivity (Wildman–Crippen MR) is 121 cm³/mol. The quantitative estimate of drug-likeness (QED) is 0.536. The van der Waals surface area contributed by atoms with Crippen molar-refractivity contribution in [3.63, 3.8) is 0 Å². The zero-order chi connectivity index (χ0) is 23.5. The average molecular weight is 450 g/mol. The molecular formula is C26H27NO6. The second-order valence-corrected chi connectivity index (χ2v) is 8.13. The fourth-order valence-electron chi connectivity index (χ4n) is 4.82. The van der Waals surface area contributed by atoms with Crippen LogP contribution in [0.4, 0.5) is 0 Å². The summed E-state index contributed by atoms with van der Waals surface area (Å²) in [6, 6.07) is 14.8. The molecule has 2 aliphatic rings. The van der Waals surface area contributed by atoms with Gasteiger partial charge < -0.3 is 19.5 Å². The van der Waals surface area contributed by atoms with Gasteiger partial charge in [-0.15, -0.1) is 0 Å². The molecular weight excluding hydrogens is 422 g/mol. The van der Waals surface area contributed by atoms with Gasteiger partial charge in [-0.3, -0.25) is 14.4 Å². The molecule has 3 atom stereocenters. The molecule has 0 saturated carbocycles. The molecule has 172 valence electrons. The van der Waals surface area contributed by atoms with Crippen LogP contribution < -0.4 is 14.8 Å². The number of benzene rings is 2. The van der Waals surface area contributed by atoms with E-state index in [2.05, 4.69) is 5.32 Å². The molecule has 1 N–H and O–H groups in total. The summed E-state index contributed by atoms with van der Waals surface area (Å²) in [4.78, 5) is 39.5. The molecule has 4 rings (SSSR count). The number of hydrogen-bond donors (Lipinski definition) is 1. The minimum absolute atomic E-state index is 0.103. The minimum atomic E-state index is -0.969. The minimum Gasteiger partial charge on any atom is -0.493 e. The molecule has 33 heavy (non-hydrogen) atoms. The van der Waals surface area contributed by atoms with E-state index in [-0.39, 0.29) is 24.7 Å². The Labute approximate surface area is 192 Å². The Morgan fingerprint density at radius 3 is 2.36 bits per heavy atom. The van der Waals surface area contributed by atoms with Crippen molar-refractivity contribution in [3.8, 4) is 11.5 Å². The molecule has 2 aromatic carbocycles. The standard InChI is InChI=1S/C26H27NO6/c1-4-33-26(30)24-17(15-8-6-5-7-9-15)13-19-23(25(24)29)18(14-22(28)27-19)16-10-11-20(31-2)21(12-16)32-3/h5-12,17-18,24H,4,13-14H2,1-3H3,(H,27,28)/t17-,18-,24+/m1/s1. The van der Waals surface area contributed by atoms with Crippen molar-refractivity contribution < 1.29 is 28.6 Å².